The summed E-state index contributed by atoms with van der Waals surface area (Å²) in [5.41, 5.74) is 2.63. The third-order valence-corrected chi connectivity index (χ3v) is 5.09. The van der Waals surface area contributed by atoms with E-state index in [9.17, 15) is 5.11 Å². The molecule has 0 bridgehead atoms. The number of rotatable bonds is 2. The minimum absolute atomic E-state index is 0.0557. The van der Waals surface area contributed by atoms with Crippen molar-refractivity contribution in [3.63, 3.8) is 0 Å². The number of hydrogen-bond donors (Lipinski definition) is 1. The van der Waals surface area contributed by atoms with E-state index in [0.717, 1.165) is 48.9 Å². The average molecular weight is 284 g/mol. The molecule has 4 rings (SSSR count). The van der Waals surface area contributed by atoms with Gasteiger partial charge in [0.25, 0.3) is 0 Å². The molecule has 4 heteroatoms. The van der Waals surface area contributed by atoms with Crippen LogP contribution in [0.4, 0.5) is 0 Å². The van der Waals surface area contributed by atoms with Gasteiger partial charge in [-0.05, 0) is 44.1 Å². The smallest absolute Gasteiger partial charge is 0.0944 e. The van der Waals surface area contributed by atoms with Gasteiger partial charge in [-0.3, -0.25) is 9.97 Å². The second-order valence-corrected chi connectivity index (χ2v) is 6.35. The summed E-state index contributed by atoms with van der Waals surface area (Å²) in [6.45, 7) is 0.762. The van der Waals surface area contributed by atoms with Crippen LogP contribution in [-0.2, 0) is 4.74 Å². The molecule has 21 heavy (non-hydrogen) atoms. The first kappa shape index (κ1) is 13.2. The molecule has 4 nitrogen and oxygen atoms in total. The maximum Gasteiger partial charge on any atom is 0.0944 e. The van der Waals surface area contributed by atoms with Crippen molar-refractivity contribution in [2.45, 2.75) is 43.8 Å². The van der Waals surface area contributed by atoms with Crippen molar-refractivity contribution in [2.75, 3.05) is 6.61 Å². The second-order valence-electron chi connectivity index (χ2n) is 6.35. The SMILES string of the molecule is OC(c1cccc2nccnc12)C1CCOC2(CCC2)C1. The van der Waals surface area contributed by atoms with Gasteiger partial charge in [-0.25, -0.2) is 0 Å². The number of hydrogen-bond acceptors (Lipinski definition) is 4. The molecule has 2 aliphatic rings. The highest BCUT2D eigenvalue weighted by Crippen LogP contribution is 2.47. The van der Waals surface area contributed by atoms with Crippen LogP contribution in [0.15, 0.2) is 30.6 Å². The molecule has 1 saturated heterocycles. The van der Waals surface area contributed by atoms with Crippen molar-refractivity contribution >= 4 is 11.0 Å². The average Bonchev–Trinajstić information content (AvgIpc) is 2.52. The Kier molecular flexibility index (Phi) is 3.16. The summed E-state index contributed by atoms with van der Waals surface area (Å²) in [6.07, 6.45) is 8.32. The number of ether oxygens (including phenoxy) is 1. The van der Waals surface area contributed by atoms with E-state index in [0.29, 0.717) is 0 Å². The molecular weight excluding hydrogens is 264 g/mol. The molecule has 2 heterocycles. The number of fused-ring (bicyclic) bond motifs is 1. The molecule has 1 aliphatic heterocycles. The van der Waals surface area contributed by atoms with E-state index < -0.39 is 6.10 Å². The Hall–Kier alpha value is -1.52. The number of aliphatic hydroxyl groups is 1. The summed E-state index contributed by atoms with van der Waals surface area (Å²) in [6, 6.07) is 5.87. The van der Waals surface area contributed by atoms with Crippen LogP contribution >= 0.6 is 0 Å². The van der Waals surface area contributed by atoms with Gasteiger partial charge in [0, 0.05) is 24.6 Å². The Morgan fingerprint density at radius 1 is 1.24 bits per heavy atom. The zero-order chi connectivity index (χ0) is 14.3. The van der Waals surface area contributed by atoms with E-state index >= 15 is 0 Å². The molecule has 2 aromatic rings. The first-order valence-electron chi connectivity index (χ1n) is 7.79. The predicted octanol–water partition coefficient (Wildman–Crippen LogP) is 3.01. The highest BCUT2D eigenvalue weighted by atomic mass is 16.5. The molecule has 1 aliphatic carbocycles. The Bertz CT molecular complexity index is 649. The summed E-state index contributed by atoms with van der Waals surface area (Å²) in [5, 5.41) is 10.9. The van der Waals surface area contributed by atoms with Gasteiger partial charge in [0.1, 0.15) is 0 Å². The summed E-state index contributed by atoms with van der Waals surface area (Å²) in [5.74, 6) is 0.256. The molecule has 1 N–H and O–H groups in total. The maximum absolute atomic E-state index is 10.9. The standard InChI is InChI=1S/C17H20N2O2/c20-16(12-5-10-21-17(11-12)6-2-7-17)13-3-1-4-14-15(13)19-9-8-18-14/h1,3-4,8-9,12,16,20H,2,5-7,10-11H2. The number of nitrogens with zero attached hydrogens (tertiary/aromatic N) is 2. The summed E-state index contributed by atoms with van der Waals surface area (Å²) in [4.78, 5) is 8.74. The molecule has 1 aromatic heterocycles. The summed E-state index contributed by atoms with van der Waals surface area (Å²) >= 11 is 0. The molecule has 2 atom stereocenters. The normalized spacial score (nSPS) is 25.7. The van der Waals surface area contributed by atoms with E-state index in [4.69, 9.17) is 4.74 Å². The molecular formula is C17H20N2O2. The molecule has 1 aromatic carbocycles. The van der Waals surface area contributed by atoms with Gasteiger partial charge in [-0.15, -0.1) is 0 Å². The van der Waals surface area contributed by atoms with E-state index in [1.54, 1.807) is 12.4 Å². The monoisotopic (exact) mass is 284 g/mol. The minimum Gasteiger partial charge on any atom is -0.388 e. The quantitative estimate of drug-likeness (QED) is 0.921. The van der Waals surface area contributed by atoms with Crippen LogP contribution in [0.2, 0.25) is 0 Å². The van der Waals surface area contributed by atoms with Gasteiger partial charge in [0.15, 0.2) is 0 Å². The lowest BCUT2D eigenvalue weighted by atomic mass is 9.70. The van der Waals surface area contributed by atoms with Crippen LogP contribution in [0.5, 0.6) is 0 Å². The van der Waals surface area contributed by atoms with Crippen molar-refractivity contribution in [1.82, 2.24) is 9.97 Å². The fourth-order valence-corrected chi connectivity index (χ4v) is 3.76. The number of aromatic nitrogens is 2. The second kappa shape index (κ2) is 5.04. The Morgan fingerprint density at radius 3 is 2.90 bits per heavy atom. The van der Waals surface area contributed by atoms with E-state index in [2.05, 4.69) is 9.97 Å². The number of para-hydroxylation sites is 1. The Balaban J connectivity index is 1.65. The van der Waals surface area contributed by atoms with Gasteiger partial charge in [-0.2, -0.15) is 0 Å². The molecule has 1 spiro atoms. The van der Waals surface area contributed by atoms with Gasteiger partial charge >= 0.3 is 0 Å². The summed E-state index contributed by atoms with van der Waals surface area (Å²) in [7, 11) is 0. The zero-order valence-electron chi connectivity index (χ0n) is 12.0. The van der Waals surface area contributed by atoms with Crippen molar-refractivity contribution in [3.05, 3.63) is 36.2 Å². The molecule has 110 valence electrons. The highest BCUT2D eigenvalue weighted by Gasteiger charge is 2.44. The molecule has 0 amide bonds. The van der Waals surface area contributed by atoms with Gasteiger partial charge in [-0.1, -0.05) is 12.1 Å². The third kappa shape index (κ3) is 2.23. The lowest BCUT2D eigenvalue weighted by molar-refractivity contribution is -0.157. The fourth-order valence-electron chi connectivity index (χ4n) is 3.76. The summed E-state index contributed by atoms with van der Waals surface area (Å²) < 4.78 is 5.97. The number of benzene rings is 1. The molecule has 1 saturated carbocycles. The van der Waals surface area contributed by atoms with Crippen molar-refractivity contribution in [1.29, 1.82) is 0 Å². The Labute approximate surface area is 124 Å². The third-order valence-electron chi connectivity index (χ3n) is 5.09. The maximum atomic E-state index is 10.9. The minimum atomic E-state index is -0.480. The zero-order valence-corrected chi connectivity index (χ0v) is 12.0. The van der Waals surface area contributed by atoms with Crippen molar-refractivity contribution < 1.29 is 9.84 Å². The van der Waals surface area contributed by atoms with Crippen molar-refractivity contribution in [2.24, 2.45) is 5.92 Å². The van der Waals surface area contributed by atoms with E-state index in [1.807, 2.05) is 18.2 Å². The van der Waals surface area contributed by atoms with Crippen LogP contribution in [-0.4, -0.2) is 27.3 Å². The lowest BCUT2D eigenvalue weighted by Crippen LogP contribution is -2.46. The first-order valence-corrected chi connectivity index (χ1v) is 7.79. The van der Waals surface area contributed by atoms with Crippen LogP contribution in [0.25, 0.3) is 11.0 Å². The Morgan fingerprint density at radius 2 is 2.10 bits per heavy atom. The van der Waals surface area contributed by atoms with Gasteiger partial charge in [0.2, 0.25) is 0 Å². The lowest BCUT2D eigenvalue weighted by Gasteiger charge is -2.48. The van der Waals surface area contributed by atoms with Crippen molar-refractivity contribution in [3.8, 4) is 0 Å². The number of aliphatic hydroxyl groups excluding tert-OH is 1. The predicted molar refractivity (Wildman–Crippen MR) is 79.8 cm³/mol. The fraction of sp³-hybridized carbons (Fsp3) is 0.529. The van der Waals surface area contributed by atoms with E-state index in [1.165, 1.54) is 6.42 Å². The largest absolute Gasteiger partial charge is 0.388 e. The van der Waals surface area contributed by atoms with Crippen LogP contribution < -0.4 is 0 Å². The highest BCUT2D eigenvalue weighted by molar-refractivity contribution is 5.77. The first-order chi connectivity index (χ1) is 10.3. The molecule has 0 radical (unpaired) electrons. The van der Waals surface area contributed by atoms with Crippen LogP contribution in [0.1, 0.15) is 43.8 Å². The van der Waals surface area contributed by atoms with Gasteiger partial charge < -0.3 is 9.84 Å². The topological polar surface area (TPSA) is 55.2 Å². The van der Waals surface area contributed by atoms with Gasteiger partial charge in [0.05, 0.1) is 22.7 Å². The van der Waals surface area contributed by atoms with Crippen LogP contribution in [0, 0.1) is 5.92 Å². The van der Waals surface area contributed by atoms with E-state index in [-0.39, 0.29) is 11.5 Å². The molecule has 2 unspecified atom stereocenters. The van der Waals surface area contributed by atoms with Crippen LogP contribution in [0.3, 0.4) is 0 Å². The molecule has 2 fully saturated rings.